The third-order valence-corrected chi connectivity index (χ3v) is 2.35. The molecule has 21 heavy (non-hydrogen) atoms. The highest BCUT2D eigenvalue weighted by Crippen LogP contribution is 1.91. The Morgan fingerprint density at radius 1 is 0.857 bits per heavy atom. The number of rotatable bonds is 9. The standard InChI is InChI=1S/C12H21N3O6/c1-9(16)13-4-5-14-10(17)6-15(7-11(18)20-2)8-12(19)21-3/h4-8H2,1-3H3,(H,13,16)(H,14,17). The Bertz CT molecular complexity index is 367. The number of esters is 2. The molecule has 0 aromatic heterocycles. The number of methoxy groups -OCH3 is 2. The first-order chi connectivity index (χ1) is 9.88. The van der Waals surface area contributed by atoms with Crippen molar-refractivity contribution in [3.63, 3.8) is 0 Å². The van der Waals surface area contributed by atoms with Crippen molar-refractivity contribution in [1.29, 1.82) is 0 Å². The minimum absolute atomic E-state index is 0.162. The van der Waals surface area contributed by atoms with Crippen LogP contribution in [-0.2, 0) is 28.7 Å². The fraction of sp³-hybridized carbons (Fsp3) is 0.667. The van der Waals surface area contributed by atoms with Gasteiger partial charge in [-0.25, -0.2) is 0 Å². The van der Waals surface area contributed by atoms with E-state index in [9.17, 15) is 19.2 Å². The molecule has 0 bridgehead atoms. The Labute approximate surface area is 122 Å². The van der Waals surface area contributed by atoms with E-state index in [-0.39, 0.29) is 38.0 Å². The minimum atomic E-state index is -0.565. The highest BCUT2D eigenvalue weighted by molar-refractivity contribution is 5.81. The summed E-state index contributed by atoms with van der Waals surface area (Å²) in [5.74, 6) is -1.70. The fourth-order valence-electron chi connectivity index (χ4n) is 1.36. The van der Waals surface area contributed by atoms with Crippen LogP contribution in [0.4, 0.5) is 0 Å². The Hall–Kier alpha value is -2.16. The molecule has 2 amide bonds. The normalized spacial score (nSPS) is 9.90. The maximum absolute atomic E-state index is 11.7. The van der Waals surface area contributed by atoms with Gasteiger partial charge in [0.25, 0.3) is 0 Å². The molecular formula is C12H21N3O6. The van der Waals surface area contributed by atoms with Crippen LogP contribution >= 0.6 is 0 Å². The van der Waals surface area contributed by atoms with Gasteiger partial charge in [0, 0.05) is 20.0 Å². The highest BCUT2D eigenvalue weighted by atomic mass is 16.5. The van der Waals surface area contributed by atoms with Crippen LogP contribution in [0, 0.1) is 0 Å². The fourth-order valence-corrected chi connectivity index (χ4v) is 1.36. The SMILES string of the molecule is COC(=O)CN(CC(=O)NCCNC(C)=O)CC(=O)OC. The van der Waals surface area contributed by atoms with Gasteiger partial charge in [0.05, 0.1) is 33.9 Å². The lowest BCUT2D eigenvalue weighted by molar-refractivity contribution is -0.146. The molecule has 0 radical (unpaired) electrons. The summed E-state index contributed by atoms with van der Waals surface area (Å²) in [6.07, 6.45) is 0. The Kier molecular flexibility index (Phi) is 9.52. The van der Waals surface area contributed by atoms with Crippen molar-refractivity contribution in [3.8, 4) is 0 Å². The first kappa shape index (κ1) is 18.8. The Balaban J connectivity index is 4.23. The second-order valence-corrected chi connectivity index (χ2v) is 4.13. The molecule has 2 N–H and O–H groups in total. The molecule has 0 saturated carbocycles. The van der Waals surface area contributed by atoms with Gasteiger partial charge >= 0.3 is 11.9 Å². The lowest BCUT2D eigenvalue weighted by Gasteiger charge is -2.19. The zero-order chi connectivity index (χ0) is 16.3. The van der Waals surface area contributed by atoms with E-state index in [4.69, 9.17) is 0 Å². The van der Waals surface area contributed by atoms with E-state index < -0.39 is 11.9 Å². The summed E-state index contributed by atoms with van der Waals surface area (Å²) in [6, 6.07) is 0. The van der Waals surface area contributed by atoms with Gasteiger partial charge in [0.2, 0.25) is 11.8 Å². The molecule has 9 heteroatoms. The van der Waals surface area contributed by atoms with E-state index in [1.807, 2.05) is 0 Å². The van der Waals surface area contributed by atoms with Gasteiger partial charge < -0.3 is 20.1 Å². The second kappa shape index (κ2) is 10.6. The van der Waals surface area contributed by atoms with E-state index in [0.29, 0.717) is 6.54 Å². The highest BCUT2D eigenvalue weighted by Gasteiger charge is 2.18. The maximum Gasteiger partial charge on any atom is 0.319 e. The molecule has 0 aliphatic rings. The first-order valence-corrected chi connectivity index (χ1v) is 6.26. The summed E-state index contributed by atoms with van der Waals surface area (Å²) in [7, 11) is 2.43. The molecule has 0 heterocycles. The van der Waals surface area contributed by atoms with Crippen LogP contribution < -0.4 is 10.6 Å². The predicted molar refractivity (Wildman–Crippen MR) is 72.2 cm³/mol. The summed E-state index contributed by atoms with van der Waals surface area (Å²) in [6.45, 7) is 1.35. The molecule has 0 fully saturated rings. The molecule has 0 aliphatic carbocycles. The molecule has 0 spiro atoms. The minimum Gasteiger partial charge on any atom is -0.468 e. The van der Waals surface area contributed by atoms with E-state index in [1.54, 1.807) is 0 Å². The quantitative estimate of drug-likeness (QED) is 0.370. The van der Waals surface area contributed by atoms with Gasteiger partial charge in [-0.2, -0.15) is 0 Å². The molecule has 0 unspecified atom stereocenters. The molecule has 0 aromatic rings. The maximum atomic E-state index is 11.7. The van der Waals surface area contributed by atoms with Crippen molar-refractivity contribution in [2.24, 2.45) is 0 Å². The monoisotopic (exact) mass is 303 g/mol. The molecule has 0 rings (SSSR count). The number of hydrogen-bond donors (Lipinski definition) is 2. The van der Waals surface area contributed by atoms with E-state index in [0.717, 1.165) is 0 Å². The molecule has 0 aliphatic heterocycles. The van der Waals surface area contributed by atoms with Gasteiger partial charge in [-0.3, -0.25) is 24.1 Å². The number of ether oxygens (including phenoxy) is 2. The Morgan fingerprint density at radius 3 is 1.76 bits per heavy atom. The zero-order valence-electron chi connectivity index (χ0n) is 12.4. The van der Waals surface area contributed by atoms with Crippen LogP contribution in [0.15, 0.2) is 0 Å². The van der Waals surface area contributed by atoms with Crippen LogP contribution in [0.3, 0.4) is 0 Å². The lowest BCUT2D eigenvalue weighted by atomic mass is 10.4. The van der Waals surface area contributed by atoms with Gasteiger partial charge in [-0.05, 0) is 0 Å². The van der Waals surface area contributed by atoms with E-state index in [2.05, 4.69) is 20.1 Å². The summed E-state index contributed by atoms with van der Waals surface area (Å²) in [5.41, 5.74) is 0. The van der Waals surface area contributed by atoms with Crippen molar-refractivity contribution < 1.29 is 28.7 Å². The first-order valence-electron chi connectivity index (χ1n) is 6.26. The third kappa shape index (κ3) is 10.3. The number of carbonyl (C=O) groups excluding carboxylic acids is 4. The largest absolute Gasteiger partial charge is 0.468 e. The molecule has 0 saturated heterocycles. The molecule has 0 aromatic carbocycles. The van der Waals surface area contributed by atoms with Crippen molar-refractivity contribution in [1.82, 2.24) is 15.5 Å². The molecule has 9 nitrogen and oxygen atoms in total. The van der Waals surface area contributed by atoms with Crippen LogP contribution in [-0.4, -0.2) is 75.6 Å². The number of hydrogen-bond acceptors (Lipinski definition) is 7. The topological polar surface area (TPSA) is 114 Å². The van der Waals surface area contributed by atoms with Crippen LogP contribution in [0.5, 0.6) is 0 Å². The third-order valence-electron chi connectivity index (χ3n) is 2.35. The number of nitrogens with one attached hydrogen (secondary N) is 2. The number of nitrogens with zero attached hydrogens (tertiary/aromatic N) is 1. The average Bonchev–Trinajstić information content (AvgIpc) is 2.42. The van der Waals surface area contributed by atoms with E-state index in [1.165, 1.54) is 26.0 Å². The smallest absolute Gasteiger partial charge is 0.319 e. The number of amides is 2. The second-order valence-electron chi connectivity index (χ2n) is 4.13. The molecular weight excluding hydrogens is 282 g/mol. The summed E-state index contributed by atoms with van der Waals surface area (Å²) >= 11 is 0. The number of carbonyl (C=O) groups is 4. The summed E-state index contributed by atoms with van der Waals surface area (Å²) in [5, 5.41) is 5.07. The van der Waals surface area contributed by atoms with E-state index >= 15 is 0 Å². The molecule has 0 atom stereocenters. The van der Waals surface area contributed by atoms with Crippen molar-refractivity contribution in [3.05, 3.63) is 0 Å². The summed E-state index contributed by atoms with van der Waals surface area (Å²) in [4.78, 5) is 46.0. The van der Waals surface area contributed by atoms with Crippen LogP contribution in [0.2, 0.25) is 0 Å². The van der Waals surface area contributed by atoms with Crippen LogP contribution in [0.25, 0.3) is 0 Å². The summed E-state index contributed by atoms with van der Waals surface area (Å²) < 4.78 is 8.98. The van der Waals surface area contributed by atoms with Gasteiger partial charge in [-0.1, -0.05) is 0 Å². The van der Waals surface area contributed by atoms with Gasteiger partial charge in [-0.15, -0.1) is 0 Å². The zero-order valence-corrected chi connectivity index (χ0v) is 12.4. The Morgan fingerprint density at radius 2 is 1.33 bits per heavy atom. The lowest BCUT2D eigenvalue weighted by Crippen LogP contribution is -2.44. The predicted octanol–water partition coefficient (Wildman–Crippen LogP) is -2.11. The average molecular weight is 303 g/mol. The van der Waals surface area contributed by atoms with Crippen molar-refractivity contribution >= 4 is 23.8 Å². The molecule has 120 valence electrons. The van der Waals surface area contributed by atoms with Gasteiger partial charge in [0.15, 0.2) is 0 Å². The van der Waals surface area contributed by atoms with Gasteiger partial charge in [0.1, 0.15) is 0 Å². The van der Waals surface area contributed by atoms with Crippen molar-refractivity contribution in [2.45, 2.75) is 6.92 Å². The van der Waals surface area contributed by atoms with Crippen molar-refractivity contribution in [2.75, 3.05) is 46.9 Å². The van der Waals surface area contributed by atoms with Crippen LogP contribution in [0.1, 0.15) is 6.92 Å².